The van der Waals surface area contributed by atoms with Crippen LogP contribution in [0.3, 0.4) is 0 Å². The van der Waals surface area contributed by atoms with E-state index in [1.807, 2.05) is 19.2 Å². The molecule has 0 bridgehead atoms. The lowest BCUT2D eigenvalue weighted by Gasteiger charge is -2.12. The molecule has 1 aromatic carbocycles. The SMILES string of the molecule is CNCc1cccc(Br)c1OCCc1cccs1. The van der Waals surface area contributed by atoms with Gasteiger partial charge in [-0.15, -0.1) is 11.3 Å². The lowest BCUT2D eigenvalue weighted by molar-refractivity contribution is 0.317. The number of hydrogen-bond donors (Lipinski definition) is 1. The van der Waals surface area contributed by atoms with Crippen LogP contribution in [0.1, 0.15) is 10.4 Å². The normalized spacial score (nSPS) is 10.6. The van der Waals surface area contributed by atoms with E-state index < -0.39 is 0 Å². The van der Waals surface area contributed by atoms with Crippen molar-refractivity contribution in [1.82, 2.24) is 5.32 Å². The number of hydrogen-bond acceptors (Lipinski definition) is 3. The Morgan fingerprint density at radius 3 is 2.89 bits per heavy atom. The minimum absolute atomic E-state index is 0.708. The van der Waals surface area contributed by atoms with Crippen molar-refractivity contribution in [3.8, 4) is 5.75 Å². The lowest BCUT2D eigenvalue weighted by Crippen LogP contribution is -2.09. The molecule has 96 valence electrons. The number of ether oxygens (including phenoxy) is 1. The van der Waals surface area contributed by atoms with Gasteiger partial charge in [0.2, 0.25) is 0 Å². The van der Waals surface area contributed by atoms with Gasteiger partial charge in [-0.3, -0.25) is 0 Å². The molecule has 0 aliphatic carbocycles. The van der Waals surface area contributed by atoms with Gasteiger partial charge in [0, 0.05) is 23.4 Å². The molecule has 0 fully saturated rings. The summed E-state index contributed by atoms with van der Waals surface area (Å²) in [4.78, 5) is 1.36. The molecule has 1 heterocycles. The molecule has 1 N–H and O–H groups in total. The van der Waals surface area contributed by atoms with E-state index >= 15 is 0 Å². The molecule has 2 nitrogen and oxygen atoms in total. The van der Waals surface area contributed by atoms with Gasteiger partial charge in [-0.05, 0) is 40.5 Å². The van der Waals surface area contributed by atoms with Gasteiger partial charge in [-0.1, -0.05) is 18.2 Å². The molecule has 2 rings (SSSR count). The summed E-state index contributed by atoms with van der Waals surface area (Å²) < 4.78 is 6.93. The molecule has 0 amide bonds. The molecular formula is C14H16BrNOS. The molecule has 0 aliphatic heterocycles. The monoisotopic (exact) mass is 325 g/mol. The van der Waals surface area contributed by atoms with E-state index in [1.165, 1.54) is 10.4 Å². The predicted molar refractivity (Wildman–Crippen MR) is 80.4 cm³/mol. The summed E-state index contributed by atoms with van der Waals surface area (Å²) in [5.74, 6) is 0.948. The molecule has 0 aliphatic rings. The maximum atomic E-state index is 5.91. The van der Waals surface area contributed by atoms with Gasteiger partial charge in [0.25, 0.3) is 0 Å². The second-order valence-electron chi connectivity index (χ2n) is 3.94. The largest absolute Gasteiger partial charge is 0.492 e. The molecule has 18 heavy (non-hydrogen) atoms. The van der Waals surface area contributed by atoms with Crippen molar-refractivity contribution in [2.75, 3.05) is 13.7 Å². The average molecular weight is 326 g/mol. The van der Waals surface area contributed by atoms with Crippen LogP contribution in [0.15, 0.2) is 40.2 Å². The number of thiophene rings is 1. The Kier molecular flexibility index (Phi) is 5.23. The Morgan fingerprint density at radius 2 is 2.17 bits per heavy atom. The number of halogens is 1. The van der Waals surface area contributed by atoms with Crippen LogP contribution >= 0.6 is 27.3 Å². The quantitative estimate of drug-likeness (QED) is 0.871. The Bertz CT molecular complexity index is 485. The zero-order chi connectivity index (χ0) is 12.8. The van der Waals surface area contributed by atoms with Crippen molar-refractivity contribution in [3.63, 3.8) is 0 Å². The molecule has 2 aromatic rings. The maximum absolute atomic E-state index is 5.91. The molecule has 0 saturated heterocycles. The van der Waals surface area contributed by atoms with Gasteiger partial charge >= 0.3 is 0 Å². The molecule has 0 atom stereocenters. The molecule has 1 aromatic heterocycles. The Morgan fingerprint density at radius 1 is 1.28 bits per heavy atom. The van der Waals surface area contributed by atoms with Crippen molar-refractivity contribution in [2.24, 2.45) is 0 Å². The van der Waals surface area contributed by atoms with Crippen molar-refractivity contribution in [3.05, 3.63) is 50.6 Å². The van der Waals surface area contributed by atoms with E-state index in [9.17, 15) is 0 Å². The van der Waals surface area contributed by atoms with Crippen LogP contribution < -0.4 is 10.1 Å². The summed E-state index contributed by atoms with van der Waals surface area (Å²) in [5.41, 5.74) is 1.18. The van der Waals surface area contributed by atoms with Crippen LogP contribution in [-0.2, 0) is 13.0 Å². The second kappa shape index (κ2) is 6.92. The van der Waals surface area contributed by atoms with Crippen molar-refractivity contribution in [1.29, 1.82) is 0 Å². The highest BCUT2D eigenvalue weighted by molar-refractivity contribution is 9.10. The van der Waals surface area contributed by atoms with E-state index in [2.05, 4.69) is 44.8 Å². The van der Waals surface area contributed by atoms with Crippen LogP contribution in [0.25, 0.3) is 0 Å². The first kappa shape index (κ1) is 13.6. The summed E-state index contributed by atoms with van der Waals surface area (Å²) in [7, 11) is 1.94. The number of nitrogens with one attached hydrogen (secondary N) is 1. The predicted octanol–water partition coefficient (Wildman–Crippen LogP) is 3.85. The van der Waals surface area contributed by atoms with Crippen LogP contribution in [0.4, 0.5) is 0 Å². The number of benzene rings is 1. The highest BCUT2D eigenvalue weighted by Gasteiger charge is 2.07. The third-order valence-corrected chi connectivity index (χ3v) is 4.15. The summed E-state index contributed by atoms with van der Waals surface area (Å²) in [6.45, 7) is 1.52. The zero-order valence-corrected chi connectivity index (χ0v) is 12.7. The van der Waals surface area contributed by atoms with E-state index in [4.69, 9.17) is 4.74 Å². The Balaban J connectivity index is 1.99. The standard InChI is InChI=1S/C14H16BrNOS/c1-16-10-11-4-2-6-13(15)14(11)17-8-7-12-5-3-9-18-12/h2-6,9,16H,7-8,10H2,1H3. The molecule has 4 heteroatoms. The van der Waals surface area contributed by atoms with Crippen LogP contribution in [0, 0.1) is 0 Å². The zero-order valence-electron chi connectivity index (χ0n) is 10.3. The second-order valence-corrected chi connectivity index (χ2v) is 5.82. The first-order valence-corrected chi connectivity index (χ1v) is 7.55. The van der Waals surface area contributed by atoms with Crippen LogP contribution in [0.5, 0.6) is 5.75 Å². The highest BCUT2D eigenvalue weighted by Crippen LogP contribution is 2.29. The third-order valence-electron chi connectivity index (χ3n) is 2.59. The van der Waals surface area contributed by atoms with Gasteiger partial charge in [0.15, 0.2) is 0 Å². The highest BCUT2D eigenvalue weighted by atomic mass is 79.9. The summed E-state index contributed by atoms with van der Waals surface area (Å²) in [5, 5.41) is 5.25. The van der Waals surface area contributed by atoms with Gasteiger partial charge in [0.1, 0.15) is 5.75 Å². The molecule has 0 spiro atoms. The minimum atomic E-state index is 0.708. The average Bonchev–Trinajstić information content (AvgIpc) is 2.86. The fourth-order valence-corrected chi connectivity index (χ4v) is 2.97. The number of para-hydroxylation sites is 1. The molecule has 0 unspecified atom stereocenters. The summed E-state index contributed by atoms with van der Waals surface area (Å²) >= 11 is 5.32. The maximum Gasteiger partial charge on any atom is 0.137 e. The van der Waals surface area contributed by atoms with E-state index in [0.717, 1.165) is 23.2 Å². The fourth-order valence-electron chi connectivity index (χ4n) is 1.75. The van der Waals surface area contributed by atoms with E-state index in [1.54, 1.807) is 11.3 Å². The Hall–Kier alpha value is -0.840. The summed E-state index contributed by atoms with van der Waals surface area (Å²) in [6, 6.07) is 10.3. The van der Waals surface area contributed by atoms with Crippen molar-refractivity contribution >= 4 is 27.3 Å². The van der Waals surface area contributed by atoms with E-state index in [0.29, 0.717) is 6.61 Å². The lowest BCUT2D eigenvalue weighted by atomic mass is 10.2. The number of rotatable bonds is 6. The molecular weight excluding hydrogens is 310 g/mol. The topological polar surface area (TPSA) is 21.3 Å². The summed E-state index contributed by atoms with van der Waals surface area (Å²) in [6.07, 6.45) is 0.956. The van der Waals surface area contributed by atoms with Crippen molar-refractivity contribution in [2.45, 2.75) is 13.0 Å². The fraction of sp³-hybridized carbons (Fsp3) is 0.286. The van der Waals surface area contributed by atoms with Gasteiger partial charge < -0.3 is 10.1 Å². The smallest absolute Gasteiger partial charge is 0.137 e. The van der Waals surface area contributed by atoms with Gasteiger partial charge in [0.05, 0.1) is 11.1 Å². The minimum Gasteiger partial charge on any atom is -0.492 e. The van der Waals surface area contributed by atoms with Crippen LogP contribution in [0.2, 0.25) is 0 Å². The third kappa shape index (κ3) is 3.57. The van der Waals surface area contributed by atoms with E-state index in [-0.39, 0.29) is 0 Å². The molecule has 0 radical (unpaired) electrons. The first-order chi connectivity index (χ1) is 8.81. The van der Waals surface area contributed by atoms with Crippen LogP contribution in [-0.4, -0.2) is 13.7 Å². The molecule has 0 saturated carbocycles. The van der Waals surface area contributed by atoms with Gasteiger partial charge in [-0.25, -0.2) is 0 Å². The van der Waals surface area contributed by atoms with Gasteiger partial charge in [-0.2, -0.15) is 0 Å². The Labute approximate surface area is 120 Å². The van der Waals surface area contributed by atoms with Crippen molar-refractivity contribution < 1.29 is 4.74 Å². The first-order valence-electron chi connectivity index (χ1n) is 5.88.